The van der Waals surface area contributed by atoms with Gasteiger partial charge in [0, 0.05) is 24.8 Å². The Balaban J connectivity index is 2.24. The molecule has 1 aromatic carbocycles. The van der Waals surface area contributed by atoms with Crippen LogP contribution in [0.4, 0.5) is 5.69 Å². The van der Waals surface area contributed by atoms with Crippen LogP contribution in [-0.2, 0) is 4.79 Å². The molecule has 0 unspecified atom stereocenters. The van der Waals surface area contributed by atoms with Crippen molar-refractivity contribution in [2.45, 2.75) is 25.4 Å². The second-order valence-electron chi connectivity index (χ2n) is 5.06. The molecule has 0 aliphatic carbocycles. The minimum absolute atomic E-state index is 0.0404. The van der Waals surface area contributed by atoms with Gasteiger partial charge in [-0.25, -0.2) is 0 Å². The summed E-state index contributed by atoms with van der Waals surface area (Å²) in [6, 6.07) is 10.5. The van der Waals surface area contributed by atoms with Crippen LogP contribution in [0.1, 0.15) is 13.3 Å². The number of anilines is 1. The summed E-state index contributed by atoms with van der Waals surface area (Å²) >= 11 is 0. The summed E-state index contributed by atoms with van der Waals surface area (Å²) in [6.07, 6.45) is 0.184. The first-order valence-corrected chi connectivity index (χ1v) is 6.31. The molecular formula is C14H20N2O2. The highest BCUT2D eigenvalue weighted by atomic mass is 16.4. The van der Waals surface area contributed by atoms with E-state index in [1.807, 2.05) is 25.2 Å². The number of hydrogen-bond donors (Lipinski definition) is 1. The molecular weight excluding hydrogens is 228 g/mol. The Kier molecular flexibility index (Phi) is 3.87. The van der Waals surface area contributed by atoms with Crippen LogP contribution in [0.3, 0.4) is 0 Å². The third-order valence-electron chi connectivity index (χ3n) is 3.43. The van der Waals surface area contributed by atoms with Crippen LogP contribution in [0.2, 0.25) is 0 Å². The smallest absolute Gasteiger partial charge is 0.305 e. The zero-order valence-corrected chi connectivity index (χ0v) is 10.9. The Bertz CT molecular complexity index is 408. The molecule has 18 heavy (non-hydrogen) atoms. The van der Waals surface area contributed by atoms with Crippen molar-refractivity contribution in [1.82, 2.24) is 4.90 Å². The lowest BCUT2D eigenvalue weighted by molar-refractivity contribution is -0.137. The van der Waals surface area contributed by atoms with Crippen molar-refractivity contribution < 1.29 is 9.90 Å². The first-order valence-electron chi connectivity index (χ1n) is 6.31. The highest BCUT2D eigenvalue weighted by molar-refractivity contribution is 5.69. The van der Waals surface area contributed by atoms with Crippen LogP contribution >= 0.6 is 0 Å². The molecule has 1 saturated heterocycles. The van der Waals surface area contributed by atoms with Gasteiger partial charge in [0.25, 0.3) is 0 Å². The molecule has 0 saturated carbocycles. The Morgan fingerprint density at radius 3 is 2.61 bits per heavy atom. The molecule has 98 valence electrons. The van der Waals surface area contributed by atoms with E-state index in [4.69, 9.17) is 5.11 Å². The number of nitrogens with zero attached hydrogens (tertiary/aromatic N) is 2. The van der Waals surface area contributed by atoms with Crippen LogP contribution in [0, 0.1) is 0 Å². The number of benzene rings is 1. The van der Waals surface area contributed by atoms with E-state index in [2.05, 4.69) is 28.9 Å². The third kappa shape index (κ3) is 2.82. The van der Waals surface area contributed by atoms with Crippen LogP contribution in [0.15, 0.2) is 30.3 Å². The number of rotatable bonds is 3. The van der Waals surface area contributed by atoms with E-state index in [9.17, 15) is 4.79 Å². The van der Waals surface area contributed by atoms with Gasteiger partial charge in [0.15, 0.2) is 0 Å². The number of carbonyl (C=O) groups is 1. The summed E-state index contributed by atoms with van der Waals surface area (Å²) < 4.78 is 0. The summed E-state index contributed by atoms with van der Waals surface area (Å²) in [6.45, 7) is 3.91. The van der Waals surface area contributed by atoms with E-state index >= 15 is 0 Å². The summed E-state index contributed by atoms with van der Waals surface area (Å²) in [5, 5.41) is 9.06. The quantitative estimate of drug-likeness (QED) is 0.883. The first kappa shape index (κ1) is 12.9. The molecule has 0 bridgehead atoms. The SMILES string of the molecule is C[C@H]1CN(C)C[C@H](CC(=O)O)N1c1ccccc1. The molecule has 2 atom stereocenters. The summed E-state index contributed by atoms with van der Waals surface area (Å²) in [7, 11) is 2.05. The molecule has 1 heterocycles. The predicted octanol–water partition coefficient (Wildman–Crippen LogP) is 1.67. The number of likely N-dealkylation sites (N-methyl/N-ethyl adjacent to an activating group) is 1. The van der Waals surface area contributed by atoms with E-state index in [1.54, 1.807) is 0 Å². The van der Waals surface area contributed by atoms with Crippen molar-refractivity contribution in [1.29, 1.82) is 0 Å². The Morgan fingerprint density at radius 2 is 2.00 bits per heavy atom. The standard InChI is InChI=1S/C14H20N2O2/c1-11-9-15(2)10-13(8-14(17)18)16(11)12-6-4-3-5-7-12/h3-7,11,13H,8-10H2,1-2H3,(H,17,18)/t11-,13-/m0/s1. The highest BCUT2D eigenvalue weighted by Gasteiger charge is 2.31. The molecule has 1 aliphatic heterocycles. The van der Waals surface area contributed by atoms with Gasteiger partial charge in [-0.05, 0) is 26.1 Å². The van der Waals surface area contributed by atoms with E-state index < -0.39 is 5.97 Å². The molecule has 0 amide bonds. The van der Waals surface area contributed by atoms with E-state index in [1.165, 1.54) is 0 Å². The molecule has 4 nitrogen and oxygen atoms in total. The zero-order chi connectivity index (χ0) is 13.1. The van der Waals surface area contributed by atoms with Gasteiger partial charge in [-0.3, -0.25) is 4.79 Å². The van der Waals surface area contributed by atoms with Gasteiger partial charge in [-0.15, -0.1) is 0 Å². The number of hydrogen-bond acceptors (Lipinski definition) is 3. The average molecular weight is 248 g/mol. The molecule has 1 N–H and O–H groups in total. The topological polar surface area (TPSA) is 43.8 Å². The second-order valence-corrected chi connectivity index (χ2v) is 5.06. The molecule has 0 spiro atoms. The van der Waals surface area contributed by atoms with Gasteiger partial charge in [0.2, 0.25) is 0 Å². The number of piperazine rings is 1. The molecule has 1 aromatic rings. The molecule has 0 radical (unpaired) electrons. The van der Waals surface area contributed by atoms with Gasteiger partial charge < -0.3 is 14.9 Å². The van der Waals surface area contributed by atoms with Crippen molar-refractivity contribution >= 4 is 11.7 Å². The predicted molar refractivity (Wildman–Crippen MR) is 71.9 cm³/mol. The molecule has 4 heteroatoms. The van der Waals surface area contributed by atoms with Gasteiger partial charge >= 0.3 is 5.97 Å². The molecule has 1 aliphatic rings. The maximum atomic E-state index is 11.0. The van der Waals surface area contributed by atoms with Crippen molar-refractivity contribution in [2.75, 3.05) is 25.0 Å². The number of aliphatic carboxylic acids is 1. The van der Waals surface area contributed by atoms with Crippen LogP contribution in [-0.4, -0.2) is 48.2 Å². The fourth-order valence-electron chi connectivity index (χ4n) is 2.85. The van der Waals surface area contributed by atoms with E-state index in [0.29, 0.717) is 6.04 Å². The monoisotopic (exact) mass is 248 g/mol. The lowest BCUT2D eigenvalue weighted by Gasteiger charge is -2.45. The van der Waals surface area contributed by atoms with Crippen molar-refractivity contribution in [3.63, 3.8) is 0 Å². The fourth-order valence-corrected chi connectivity index (χ4v) is 2.85. The van der Waals surface area contributed by atoms with Crippen LogP contribution in [0.25, 0.3) is 0 Å². The number of para-hydroxylation sites is 1. The highest BCUT2D eigenvalue weighted by Crippen LogP contribution is 2.25. The fraction of sp³-hybridized carbons (Fsp3) is 0.500. The van der Waals surface area contributed by atoms with Crippen LogP contribution < -0.4 is 4.90 Å². The minimum Gasteiger partial charge on any atom is -0.481 e. The minimum atomic E-state index is -0.733. The van der Waals surface area contributed by atoms with Gasteiger partial charge in [0.05, 0.1) is 12.5 Å². The summed E-state index contributed by atoms with van der Waals surface area (Å²) in [5.41, 5.74) is 1.12. The third-order valence-corrected chi connectivity index (χ3v) is 3.43. The van der Waals surface area contributed by atoms with Crippen molar-refractivity contribution in [3.05, 3.63) is 30.3 Å². The Hall–Kier alpha value is -1.55. The van der Waals surface area contributed by atoms with Gasteiger partial charge in [-0.2, -0.15) is 0 Å². The second kappa shape index (κ2) is 5.40. The Labute approximate surface area is 108 Å². The lowest BCUT2D eigenvalue weighted by atomic mass is 10.0. The summed E-state index contributed by atoms with van der Waals surface area (Å²) in [4.78, 5) is 15.5. The van der Waals surface area contributed by atoms with E-state index in [0.717, 1.165) is 18.8 Å². The van der Waals surface area contributed by atoms with Crippen LogP contribution in [0.5, 0.6) is 0 Å². The van der Waals surface area contributed by atoms with Gasteiger partial charge in [0.1, 0.15) is 0 Å². The van der Waals surface area contributed by atoms with Gasteiger partial charge in [-0.1, -0.05) is 18.2 Å². The van der Waals surface area contributed by atoms with Crippen molar-refractivity contribution in [3.8, 4) is 0 Å². The maximum Gasteiger partial charge on any atom is 0.305 e. The Morgan fingerprint density at radius 1 is 1.33 bits per heavy atom. The van der Waals surface area contributed by atoms with Crippen molar-refractivity contribution in [2.24, 2.45) is 0 Å². The van der Waals surface area contributed by atoms with E-state index in [-0.39, 0.29) is 12.5 Å². The molecule has 1 fully saturated rings. The normalized spacial score (nSPS) is 25.1. The number of carboxylic acids is 1. The molecule has 0 aromatic heterocycles. The maximum absolute atomic E-state index is 11.0. The first-order chi connectivity index (χ1) is 8.58. The zero-order valence-electron chi connectivity index (χ0n) is 10.9. The average Bonchev–Trinajstić information content (AvgIpc) is 2.28. The largest absolute Gasteiger partial charge is 0.481 e. The molecule has 2 rings (SSSR count). The number of carboxylic acid groups (broad SMARTS) is 1. The summed E-state index contributed by atoms with van der Waals surface area (Å²) in [5.74, 6) is -0.733. The lowest BCUT2D eigenvalue weighted by Crippen LogP contribution is -2.57.